The minimum Gasteiger partial charge on any atom is -0.469 e. The number of hydrogen-bond donors (Lipinski definition) is 1. The van der Waals surface area contributed by atoms with E-state index in [0.29, 0.717) is 0 Å². The molecule has 1 saturated heterocycles. The van der Waals surface area contributed by atoms with Gasteiger partial charge in [0.05, 0.1) is 6.54 Å². The van der Waals surface area contributed by atoms with Crippen LogP contribution in [-0.4, -0.2) is 58.1 Å². The molecule has 0 spiro atoms. The van der Waals surface area contributed by atoms with Gasteiger partial charge in [0.1, 0.15) is 17.3 Å². The van der Waals surface area contributed by atoms with Crippen molar-refractivity contribution < 1.29 is 23.5 Å². The van der Waals surface area contributed by atoms with Crippen molar-refractivity contribution >= 4 is 23.6 Å². The number of nitrogens with two attached hydrogens (primary N) is 1. The summed E-state index contributed by atoms with van der Waals surface area (Å²) in [6.45, 7) is 5.26. The molecule has 1 aliphatic heterocycles. The molecule has 0 aliphatic carbocycles. The molecular formula is C15H20ClFN4O4. The maximum Gasteiger partial charge on any atom is 0.410 e. The summed E-state index contributed by atoms with van der Waals surface area (Å²) in [4.78, 5) is 24.7. The van der Waals surface area contributed by atoms with Gasteiger partial charge in [0.25, 0.3) is 5.91 Å². The number of alkyl halides is 1. The SMILES string of the molecule is CC(C)(C)OC(=O)N1CC[C@H](Oc2nnc(Cl)cc2C(N)=O)[C@H](F)C1. The maximum absolute atomic E-state index is 14.4. The summed E-state index contributed by atoms with van der Waals surface area (Å²) < 4.78 is 25.1. The number of carbonyl (C=O) groups is 2. The Bertz CT molecular complexity index is 667. The molecule has 2 amide bonds. The number of carbonyl (C=O) groups excluding carboxylic acids is 2. The molecule has 10 heteroatoms. The predicted octanol–water partition coefficient (Wildman–Crippen LogP) is 1.96. The Morgan fingerprint density at radius 2 is 2.08 bits per heavy atom. The van der Waals surface area contributed by atoms with Gasteiger partial charge < -0.3 is 20.1 Å². The van der Waals surface area contributed by atoms with Crippen LogP contribution in [-0.2, 0) is 4.74 Å². The predicted molar refractivity (Wildman–Crippen MR) is 87.3 cm³/mol. The van der Waals surface area contributed by atoms with Crippen molar-refractivity contribution in [2.24, 2.45) is 5.73 Å². The lowest BCUT2D eigenvalue weighted by Gasteiger charge is -2.35. The quantitative estimate of drug-likeness (QED) is 0.866. The molecule has 2 atom stereocenters. The fraction of sp³-hybridized carbons (Fsp3) is 0.600. The van der Waals surface area contributed by atoms with Crippen molar-refractivity contribution in [3.8, 4) is 5.88 Å². The molecule has 1 aliphatic rings. The molecular weight excluding hydrogens is 355 g/mol. The van der Waals surface area contributed by atoms with Crippen LogP contribution in [0.2, 0.25) is 5.15 Å². The first-order valence-electron chi connectivity index (χ1n) is 7.68. The molecule has 0 bridgehead atoms. The van der Waals surface area contributed by atoms with Crippen LogP contribution in [0.25, 0.3) is 0 Å². The highest BCUT2D eigenvalue weighted by Gasteiger charge is 2.35. The summed E-state index contributed by atoms with van der Waals surface area (Å²) in [5.74, 6) is -0.997. The van der Waals surface area contributed by atoms with E-state index in [1.54, 1.807) is 20.8 Å². The van der Waals surface area contributed by atoms with Gasteiger partial charge in [0.15, 0.2) is 11.3 Å². The van der Waals surface area contributed by atoms with Crippen LogP contribution in [0.5, 0.6) is 5.88 Å². The van der Waals surface area contributed by atoms with Crippen LogP contribution >= 0.6 is 11.6 Å². The van der Waals surface area contributed by atoms with Gasteiger partial charge in [0.2, 0.25) is 5.88 Å². The molecule has 0 radical (unpaired) electrons. The number of nitrogens with zero attached hydrogens (tertiary/aromatic N) is 3. The molecule has 25 heavy (non-hydrogen) atoms. The van der Waals surface area contributed by atoms with Crippen molar-refractivity contribution in [1.82, 2.24) is 15.1 Å². The summed E-state index contributed by atoms with van der Waals surface area (Å²) in [5, 5.41) is 7.20. The Labute approximate surface area is 149 Å². The van der Waals surface area contributed by atoms with E-state index >= 15 is 0 Å². The summed E-state index contributed by atoms with van der Waals surface area (Å²) in [6, 6.07) is 1.20. The second kappa shape index (κ2) is 7.38. The van der Waals surface area contributed by atoms with Gasteiger partial charge >= 0.3 is 6.09 Å². The maximum atomic E-state index is 14.4. The Kier molecular flexibility index (Phi) is 5.66. The topological polar surface area (TPSA) is 108 Å². The molecule has 0 unspecified atom stereocenters. The van der Waals surface area contributed by atoms with Crippen molar-refractivity contribution in [2.45, 2.75) is 45.1 Å². The third kappa shape index (κ3) is 5.15. The Hall–Kier alpha value is -2.16. The Balaban J connectivity index is 2.03. The van der Waals surface area contributed by atoms with Crippen LogP contribution < -0.4 is 10.5 Å². The minimum atomic E-state index is -1.49. The number of amides is 2. The molecule has 8 nitrogen and oxygen atoms in total. The number of piperidine rings is 1. The number of hydrogen-bond acceptors (Lipinski definition) is 6. The molecule has 2 N–H and O–H groups in total. The molecule has 0 aromatic carbocycles. The normalized spacial score (nSPS) is 20.9. The van der Waals surface area contributed by atoms with Crippen LogP contribution in [0.1, 0.15) is 37.6 Å². The van der Waals surface area contributed by atoms with E-state index in [0.717, 1.165) is 0 Å². The van der Waals surface area contributed by atoms with Crippen molar-refractivity contribution in [2.75, 3.05) is 13.1 Å². The molecule has 1 aromatic heterocycles. The number of primary amides is 1. The monoisotopic (exact) mass is 374 g/mol. The van der Waals surface area contributed by atoms with E-state index in [1.165, 1.54) is 11.0 Å². The van der Waals surface area contributed by atoms with Crippen LogP contribution in [0.4, 0.5) is 9.18 Å². The second-order valence-corrected chi connectivity index (χ2v) is 7.02. The third-order valence-electron chi connectivity index (χ3n) is 3.39. The van der Waals surface area contributed by atoms with Gasteiger partial charge in [-0.2, -0.15) is 0 Å². The number of halogens is 2. The molecule has 2 heterocycles. The number of likely N-dealkylation sites (tertiary alicyclic amines) is 1. The van der Waals surface area contributed by atoms with E-state index in [4.69, 9.17) is 26.8 Å². The zero-order valence-corrected chi connectivity index (χ0v) is 14.9. The minimum absolute atomic E-state index is 0.0299. The first kappa shape index (κ1) is 19.2. The summed E-state index contributed by atoms with van der Waals surface area (Å²) in [7, 11) is 0. The smallest absolute Gasteiger partial charge is 0.410 e. The van der Waals surface area contributed by atoms with Gasteiger partial charge in [-0.1, -0.05) is 11.6 Å². The Morgan fingerprint density at radius 3 is 2.64 bits per heavy atom. The van der Waals surface area contributed by atoms with E-state index in [2.05, 4.69) is 10.2 Å². The van der Waals surface area contributed by atoms with Gasteiger partial charge in [0, 0.05) is 13.0 Å². The second-order valence-electron chi connectivity index (χ2n) is 6.64. The zero-order chi connectivity index (χ0) is 18.8. The van der Waals surface area contributed by atoms with Crippen molar-refractivity contribution in [1.29, 1.82) is 0 Å². The third-order valence-corrected chi connectivity index (χ3v) is 3.58. The van der Waals surface area contributed by atoms with E-state index < -0.39 is 29.9 Å². The standard InChI is InChI=1S/C15H20ClFN4O4/c1-15(2,3)25-14(23)21-5-4-10(9(17)7-21)24-13-8(12(18)22)6-11(16)19-20-13/h6,9-10H,4-5,7H2,1-3H3,(H2,18,22)/t9-,10+/m1/s1. The van der Waals surface area contributed by atoms with Gasteiger partial charge in [-0.3, -0.25) is 4.79 Å². The lowest BCUT2D eigenvalue weighted by atomic mass is 10.1. The number of ether oxygens (including phenoxy) is 2. The van der Waals surface area contributed by atoms with E-state index in [-0.39, 0.29) is 36.1 Å². The molecule has 138 valence electrons. The summed E-state index contributed by atoms with van der Waals surface area (Å²) in [6.07, 6.45) is -2.77. The first-order chi connectivity index (χ1) is 11.6. The largest absolute Gasteiger partial charge is 0.469 e. The first-order valence-corrected chi connectivity index (χ1v) is 8.06. The van der Waals surface area contributed by atoms with Gasteiger partial charge in [-0.25, -0.2) is 9.18 Å². The highest BCUT2D eigenvalue weighted by Crippen LogP contribution is 2.24. The lowest BCUT2D eigenvalue weighted by Crippen LogP contribution is -2.50. The molecule has 1 fully saturated rings. The van der Waals surface area contributed by atoms with Crippen molar-refractivity contribution in [3.05, 3.63) is 16.8 Å². The van der Waals surface area contributed by atoms with Crippen LogP contribution in [0.15, 0.2) is 6.07 Å². The zero-order valence-electron chi connectivity index (χ0n) is 14.2. The van der Waals surface area contributed by atoms with E-state index in [9.17, 15) is 14.0 Å². The molecule has 2 rings (SSSR count). The number of aromatic nitrogens is 2. The highest BCUT2D eigenvalue weighted by molar-refractivity contribution is 6.29. The van der Waals surface area contributed by atoms with Crippen LogP contribution in [0.3, 0.4) is 0 Å². The van der Waals surface area contributed by atoms with Gasteiger partial charge in [-0.05, 0) is 26.8 Å². The molecule has 1 aromatic rings. The summed E-state index contributed by atoms with van der Waals surface area (Å²) >= 11 is 5.67. The highest BCUT2D eigenvalue weighted by atomic mass is 35.5. The Morgan fingerprint density at radius 1 is 1.40 bits per heavy atom. The van der Waals surface area contributed by atoms with Crippen LogP contribution in [0, 0.1) is 0 Å². The lowest BCUT2D eigenvalue weighted by molar-refractivity contribution is -0.0117. The fourth-order valence-corrected chi connectivity index (χ4v) is 2.42. The van der Waals surface area contributed by atoms with Crippen molar-refractivity contribution in [3.63, 3.8) is 0 Å². The van der Waals surface area contributed by atoms with Gasteiger partial charge in [-0.15, -0.1) is 10.2 Å². The average Bonchev–Trinajstić information content (AvgIpc) is 2.48. The molecule has 0 saturated carbocycles. The number of rotatable bonds is 3. The summed E-state index contributed by atoms with van der Waals surface area (Å²) in [5.41, 5.74) is 4.49. The van der Waals surface area contributed by atoms with E-state index in [1.807, 2.05) is 0 Å². The fourth-order valence-electron chi connectivity index (χ4n) is 2.27. The average molecular weight is 375 g/mol.